The number of anilines is 1. The van der Waals surface area contributed by atoms with E-state index in [0.717, 1.165) is 12.1 Å². The number of fused-ring (bicyclic) bond motifs is 1. The smallest absolute Gasteiger partial charge is 0.250 e. The van der Waals surface area contributed by atoms with Crippen LogP contribution >= 0.6 is 0 Å². The molecule has 23 heavy (non-hydrogen) atoms. The van der Waals surface area contributed by atoms with E-state index in [2.05, 4.69) is 5.32 Å². The first kappa shape index (κ1) is 17.2. The molecule has 0 spiro atoms. The average Bonchev–Trinajstić information content (AvgIpc) is 3.01. The zero-order chi connectivity index (χ0) is 16.8. The Morgan fingerprint density at radius 3 is 2.74 bits per heavy atom. The first-order valence-electron chi connectivity index (χ1n) is 8.20. The summed E-state index contributed by atoms with van der Waals surface area (Å²) in [4.78, 5) is 26.0. The van der Waals surface area contributed by atoms with E-state index in [4.69, 9.17) is 5.73 Å². The van der Waals surface area contributed by atoms with Gasteiger partial charge in [-0.15, -0.1) is 0 Å². The van der Waals surface area contributed by atoms with E-state index in [1.54, 1.807) is 17.1 Å². The molecule has 3 N–H and O–H groups in total. The van der Waals surface area contributed by atoms with Crippen LogP contribution in [0.15, 0.2) is 36.4 Å². The third-order valence-electron chi connectivity index (χ3n) is 4.17. The Kier molecular flexibility index (Phi) is 5.93. The molecule has 1 aliphatic rings. The molecule has 2 rings (SSSR count). The molecule has 0 saturated heterocycles. The molecule has 1 heterocycles. The second kappa shape index (κ2) is 7.92. The molecule has 0 aliphatic carbocycles. The van der Waals surface area contributed by atoms with Crippen molar-refractivity contribution in [2.45, 2.75) is 45.2 Å². The monoisotopic (exact) mass is 315 g/mol. The molecule has 124 valence electrons. The average molecular weight is 315 g/mol. The Bertz CT molecular complexity index is 598. The van der Waals surface area contributed by atoms with Gasteiger partial charge in [0.25, 0.3) is 5.91 Å². The van der Waals surface area contributed by atoms with Crippen molar-refractivity contribution in [3.8, 4) is 0 Å². The fraction of sp³-hybridized carbons (Fsp3) is 0.444. The zero-order valence-corrected chi connectivity index (χ0v) is 13.8. The standard InChI is InChI=1S/C18H25N3O2/c1-3-14(20-18(23)15(19)4-2)9-10-17(22)21-12-11-13-7-5-6-8-16(13)21/h5-10,14-15H,3-4,11-12,19H2,1-2H3,(H,20,23)/t14-,15-/m0/s1. The van der Waals surface area contributed by atoms with Crippen molar-refractivity contribution in [3.05, 3.63) is 42.0 Å². The topological polar surface area (TPSA) is 75.4 Å². The van der Waals surface area contributed by atoms with Gasteiger partial charge in [-0.25, -0.2) is 0 Å². The fourth-order valence-electron chi connectivity index (χ4n) is 2.62. The predicted octanol–water partition coefficient (Wildman–Crippen LogP) is 1.76. The number of para-hydroxylation sites is 1. The van der Waals surface area contributed by atoms with Crippen LogP contribution in [0.3, 0.4) is 0 Å². The minimum Gasteiger partial charge on any atom is -0.349 e. The van der Waals surface area contributed by atoms with Crippen molar-refractivity contribution in [3.63, 3.8) is 0 Å². The van der Waals surface area contributed by atoms with Gasteiger partial charge in [-0.2, -0.15) is 0 Å². The normalized spacial score (nSPS) is 16.2. The Labute approximate surface area is 137 Å². The summed E-state index contributed by atoms with van der Waals surface area (Å²) in [6, 6.07) is 7.26. The Morgan fingerprint density at radius 2 is 2.04 bits per heavy atom. The van der Waals surface area contributed by atoms with Crippen LogP contribution in [0, 0.1) is 0 Å². The molecule has 1 aromatic rings. The van der Waals surface area contributed by atoms with E-state index in [0.29, 0.717) is 19.4 Å². The number of rotatable bonds is 6. The molecule has 1 aromatic carbocycles. The van der Waals surface area contributed by atoms with Crippen molar-refractivity contribution >= 4 is 17.5 Å². The van der Waals surface area contributed by atoms with Gasteiger partial charge in [0.2, 0.25) is 5.91 Å². The number of carbonyl (C=O) groups is 2. The van der Waals surface area contributed by atoms with E-state index in [9.17, 15) is 9.59 Å². The van der Waals surface area contributed by atoms with Crippen molar-refractivity contribution in [1.82, 2.24) is 5.32 Å². The van der Waals surface area contributed by atoms with E-state index < -0.39 is 6.04 Å². The minimum absolute atomic E-state index is 0.0533. The highest BCUT2D eigenvalue weighted by Gasteiger charge is 2.22. The largest absolute Gasteiger partial charge is 0.349 e. The summed E-state index contributed by atoms with van der Waals surface area (Å²) < 4.78 is 0. The Hall–Kier alpha value is -2.14. The number of nitrogens with one attached hydrogen (secondary N) is 1. The summed E-state index contributed by atoms with van der Waals surface area (Å²) in [5.41, 5.74) is 7.89. The highest BCUT2D eigenvalue weighted by molar-refractivity contribution is 6.03. The Morgan fingerprint density at radius 1 is 1.30 bits per heavy atom. The van der Waals surface area contributed by atoms with E-state index in [1.807, 2.05) is 38.1 Å². The lowest BCUT2D eigenvalue weighted by Gasteiger charge is -2.17. The Balaban J connectivity index is 1.98. The van der Waals surface area contributed by atoms with E-state index in [-0.39, 0.29) is 17.9 Å². The number of nitrogens with zero attached hydrogens (tertiary/aromatic N) is 1. The number of hydrogen-bond acceptors (Lipinski definition) is 3. The molecular weight excluding hydrogens is 290 g/mol. The molecule has 0 fully saturated rings. The molecule has 5 heteroatoms. The number of benzene rings is 1. The van der Waals surface area contributed by atoms with Crippen LogP contribution in [0.5, 0.6) is 0 Å². The van der Waals surface area contributed by atoms with Crippen LogP contribution in [0.2, 0.25) is 0 Å². The van der Waals surface area contributed by atoms with Gasteiger partial charge in [-0.1, -0.05) is 38.1 Å². The fourth-order valence-corrected chi connectivity index (χ4v) is 2.62. The SMILES string of the molecule is CC[C@@H](C=CC(=O)N1CCc2ccccc21)NC(=O)[C@@H](N)CC. The molecular formula is C18H25N3O2. The summed E-state index contributed by atoms with van der Waals surface area (Å²) >= 11 is 0. The van der Waals surface area contributed by atoms with Crippen molar-refractivity contribution in [2.75, 3.05) is 11.4 Å². The van der Waals surface area contributed by atoms with Gasteiger partial charge in [0.05, 0.1) is 6.04 Å². The summed E-state index contributed by atoms with van der Waals surface area (Å²) in [6.07, 6.45) is 5.49. The number of nitrogens with two attached hydrogens (primary N) is 1. The maximum absolute atomic E-state index is 12.4. The third kappa shape index (κ3) is 4.20. The van der Waals surface area contributed by atoms with Gasteiger partial charge >= 0.3 is 0 Å². The van der Waals surface area contributed by atoms with Crippen LogP contribution in [0.4, 0.5) is 5.69 Å². The molecule has 1 aliphatic heterocycles. The first-order chi connectivity index (χ1) is 11.1. The van der Waals surface area contributed by atoms with Crippen LogP contribution in [-0.2, 0) is 16.0 Å². The predicted molar refractivity (Wildman–Crippen MR) is 92.1 cm³/mol. The number of amides is 2. The van der Waals surface area contributed by atoms with Gasteiger partial charge in [-0.3, -0.25) is 9.59 Å². The second-order valence-corrected chi connectivity index (χ2v) is 5.77. The van der Waals surface area contributed by atoms with Crippen molar-refractivity contribution in [1.29, 1.82) is 0 Å². The quantitative estimate of drug-likeness (QED) is 0.786. The number of hydrogen-bond donors (Lipinski definition) is 2. The lowest BCUT2D eigenvalue weighted by atomic mass is 10.1. The molecule has 0 bridgehead atoms. The molecule has 5 nitrogen and oxygen atoms in total. The van der Waals surface area contributed by atoms with Gasteiger partial charge in [0.15, 0.2) is 0 Å². The molecule has 0 radical (unpaired) electrons. The van der Waals surface area contributed by atoms with Crippen LogP contribution in [0.1, 0.15) is 32.3 Å². The van der Waals surface area contributed by atoms with E-state index in [1.165, 1.54) is 5.56 Å². The van der Waals surface area contributed by atoms with Gasteiger partial charge < -0.3 is 16.0 Å². The number of carbonyl (C=O) groups excluding carboxylic acids is 2. The third-order valence-corrected chi connectivity index (χ3v) is 4.17. The van der Waals surface area contributed by atoms with Crippen molar-refractivity contribution in [2.24, 2.45) is 5.73 Å². The second-order valence-electron chi connectivity index (χ2n) is 5.77. The molecule has 2 atom stereocenters. The lowest BCUT2D eigenvalue weighted by molar-refractivity contribution is -0.123. The van der Waals surface area contributed by atoms with Crippen LogP contribution < -0.4 is 16.0 Å². The van der Waals surface area contributed by atoms with Gasteiger partial charge in [-0.05, 0) is 30.9 Å². The molecule has 0 saturated carbocycles. The maximum Gasteiger partial charge on any atom is 0.250 e. The minimum atomic E-state index is -0.501. The van der Waals surface area contributed by atoms with Gasteiger partial charge in [0.1, 0.15) is 0 Å². The van der Waals surface area contributed by atoms with Crippen LogP contribution in [0.25, 0.3) is 0 Å². The molecule has 0 aromatic heterocycles. The zero-order valence-electron chi connectivity index (χ0n) is 13.8. The van der Waals surface area contributed by atoms with Crippen molar-refractivity contribution < 1.29 is 9.59 Å². The van der Waals surface area contributed by atoms with Crippen LogP contribution in [-0.4, -0.2) is 30.4 Å². The van der Waals surface area contributed by atoms with E-state index >= 15 is 0 Å². The lowest BCUT2D eigenvalue weighted by Crippen LogP contribution is -2.44. The summed E-state index contributed by atoms with van der Waals surface area (Å²) in [5, 5.41) is 2.86. The first-order valence-corrected chi connectivity index (χ1v) is 8.20. The summed E-state index contributed by atoms with van der Waals surface area (Å²) in [6.45, 7) is 4.53. The summed E-state index contributed by atoms with van der Waals surface area (Å²) in [7, 11) is 0. The summed E-state index contributed by atoms with van der Waals surface area (Å²) in [5.74, 6) is -0.231. The highest BCUT2D eigenvalue weighted by atomic mass is 16.2. The maximum atomic E-state index is 12.4. The molecule has 0 unspecified atom stereocenters. The molecule has 2 amide bonds. The van der Waals surface area contributed by atoms with Gasteiger partial charge in [0, 0.05) is 24.4 Å². The highest BCUT2D eigenvalue weighted by Crippen LogP contribution is 2.27.